The van der Waals surface area contributed by atoms with E-state index >= 15 is 0 Å². The minimum Gasteiger partial charge on any atom is -0.439 e. The first-order valence-electron chi connectivity index (χ1n) is 7.63. The van der Waals surface area contributed by atoms with Gasteiger partial charge in [-0.1, -0.05) is 18.2 Å². The van der Waals surface area contributed by atoms with Gasteiger partial charge in [-0.3, -0.25) is 4.57 Å². The summed E-state index contributed by atoms with van der Waals surface area (Å²) < 4.78 is 29.1. The van der Waals surface area contributed by atoms with Crippen LogP contribution in [-0.2, 0) is 19.8 Å². The SMILES string of the molecule is CCOP(=O)(Cc1cccc(Oc2ncccc2C)c1)OCC. The fourth-order valence-electron chi connectivity index (χ4n) is 2.14. The van der Waals surface area contributed by atoms with Crippen LogP contribution in [0.15, 0.2) is 42.6 Å². The van der Waals surface area contributed by atoms with Gasteiger partial charge < -0.3 is 13.8 Å². The van der Waals surface area contributed by atoms with Crippen molar-refractivity contribution in [3.63, 3.8) is 0 Å². The van der Waals surface area contributed by atoms with Crippen molar-refractivity contribution in [2.24, 2.45) is 0 Å². The molecule has 0 atom stereocenters. The molecule has 1 aromatic heterocycles. The van der Waals surface area contributed by atoms with Crippen LogP contribution in [0.1, 0.15) is 25.0 Å². The van der Waals surface area contributed by atoms with Crippen molar-refractivity contribution < 1.29 is 18.3 Å². The van der Waals surface area contributed by atoms with Crippen LogP contribution in [0.25, 0.3) is 0 Å². The quantitative estimate of drug-likeness (QED) is 0.639. The van der Waals surface area contributed by atoms with Crippen molar-refractivity contribution >= 4 is 7.60 Å². The summed E-state index contributed by atoms with van der Waals surface area (Å²) >= 11 is 0. The van der Waals surface area contributed by atoms with Gasteiger partial charge in [-0.25, -0.2) is 4.98 Å². The van der Waals surface area contributed by atoms with E-state index in [0.29, 0.717) is 24.8 Å². The molecule has 0 aliphatic carbocycles. The van der Waals surface area contributed by atoms with Crippen molar-refractivity contribution in [3.8, 4) is 11.6 Å². The molecule has 6 heteroatoms. The van der Waals surface area contributed by atoms with E-state index in [2.05, 4.69) is 4.98 Å². The first-order chi connectivity index (χ1) is 11.1. The molecule has 0 saturated carbocycles. The number of benzene rings is 1. The maximum atomic E-state index is 12.6. The summed E-state index contributed by atoms with van der Waals surface area (Å²) in [5, 5.41) is 0. The lowest BCUT2D eigenvalue weighted by atomic mass is 10.2. The number of hydrogen-bond donors (Lipinski definition) is 0. The van der Waals surface area contributed by atoms with E-state index in [1.807, 2.05) is 43.3 Å². The third-order valence-electron chi connectivity index (χ3n) is 3.10. The van der Waals surface area contributed by atoms with Crippen molar-refractivity contribution in [2.75, 3.05) is 13.2 Å². The molecule has 0 aliphatic heterocycles. The molecular formula is C17H22NO4P. The summed E-state index contributed by atoms with van der Waals surface area (Å²) in [6.07, 6.45) is 1.90. The van der Waals surface area contributed by atoms with Crippen molar-refractivity contribution in [3.05, 3.63) is 53.7 Å². The van der Waals surface area contributed by atoms with Crippen LogP contribution in [0.4, 0.5) is 0 Å². The van der Waals surface area contributed by atoms with E-state index in [4.69, 9.17) is 13.8 Å². The fraction of sp³-hybridized carbons (Fsp3) is 0.353. The Morgan fingerprint density at radius 1 is 1.09 bits per heavy atom. The van der Waals surface area contributed by atoms with Gasteiger partial charge in [-0.15, -0.1) is 0 Å². The second-order valence-corrected chi connectivity index (χ2v) is 7.03. The van der Waals surface area contributed by atoms with Gasteiger partial charge in [0.1, 0.15) is 5.75 Å². The zero-order valence-corrected chi connectivity index (χ0v) is 14.6. The van der Waals surface area contributed by atoms with E-state index in [1.54, 1.807) is 20.0 Å². The van der Waals surface area contributed by atoms with Gasteiger partial charge in [0, 0.05) is 11.8 Å². The number of rotatable bonds is 8. The van der Waals surface area contributed by atoms with E-state index < -0.39 is 7.60 Å². The molecule has 0 amide bonds. The number of ether oxygens (including phenoxy) is 1. The van der Waals surface area contributed by atoms with Crippen LogP contribution in [-0.4, -0.2) is 18.2 Å². The molecule has 2 rings (SSSR count). The molecule has 0 unspecified atom stereocenters. The zero-order chi connectivity index (χ0) is 16.7. The standard InChI is InChI=1S/C17H22NO4P/c1-4-20-23(19,21-5-2)13-15-9-6-10-16(12-15)22-17-14(3)8-7-11-18-17/h6-12H,4-5,13H2,1-3H3. The second-order valence-electron chi connectivity index (χ2n) is 4.98. The molecule has 0 aliphatic rings. The highest BCUT2D eigenvalue weighted by atomic mass is 31.2. The summed E-state index contributed by atoms with van der Waals surface area (Å²) in [6, 6.07) is 11.2. The average molecular weight is 335 g/mol. The van der Waals surface area contributed by atoms with Crippen LogP contribution in [0.2, 0.25) is 0 Å². The minimum atomic E-state index is -3.12. The Morgan fingerprint density at radius 3 is 2.48 bits per heavy atom. The maximum absolute atomic E-state index is 12.6. The number of aryl methyl sites for hydroxylation is 1. The van der Waals surface area contributed by atoms with E-state index in [1.165, 1.54) is 0 Å². The zero-order valence-electron chi connectivity index (χ0n) is 13.7. The lowest BCUT2D eigenvalue weighted by molar-refractivity contribution is 0.219. The summed E-state index contributed by atoms with van der Waals surface area (Å²) in [6.45, 7) is 6.23. The highest BCUT2D eigenvalue weighted by Crippen LogP contribution is 2.51. The molecule has 5 nitrogen and oxygen atoms in total. The first-order valence-corrected chi connectivity index (χ1v) is 9.35. The van der Waals surface area contributed by atoms with Crippen LogP contribution in [0.3, 0.4) is 0 Å². The van der Waals surface area contributed by atoms with Gasteiger partial charge in [-0.05, 0) is 44.5 Å². The molecule has 1 aromatic carbocycles. The Labute approximate surface area is 137 Å². The molecule has 0 saturated heterocycles. The number of hydrogen-bond acceptors (Lipinski definition) is 5. The Morgan fingerprint density at radius 2 is 1.83 bits per heavy atom. The maximum Gasteiger partial charge on any atom is 0.335 e. The molecule has 2 aromatic rings. The molecule has 0 radical (unpaired) electrons. The lowest BCUT2D eigenvalue weighted by Crippen LogP contribution is -1.99. The van der Waals surface area contributed by atoms with E-state index in [9.17, 15) is 4.57 Å². The van der Waals surface area contributed by atoms with Crippen molar-refractivity contribution in [1.29, 1.82) is 0 Å². The van der Waals surface area contributed by atoms with E-state index in [-0.39, 0.29) is 6.16 Å². The average Bonchev–Trinajstić information content (AvgIpc) is 2.50. The molecule has 0 bridgehead atoms. The third-order valence-corrected chi connectivity index (χ3v) is 5.16. The predicted molar refractivity (Wildman–Crippen MR) is 90.1 cm³/mol. The van der Waals surface area contributed by atoms with Gasteiger partial charge in [0.25, 0.3) is 0 Å². The largest absolute Gasteiger partial charge is 0.439 e. The van der Waals surface area contributed by atoms with Gasteiger partial charge in [0.15, 0.2) is 0 Å². The third kappa shape index (κ3) is 5.17. The molecule has 1 heterocycles. The number of aromatic nitrogens is 1. The summed E-state index contributed by atoms with van der Waals surface area (Å²) in [5.41, 5.74) is 1.79. The Balaban J connectivity index is 2.16. The molecule has 0 fully saturated rings. The van der Waals surface area contributed by atoms with Gasteiger partial charge in [0.2, 0.25) is 5.88 Å². The van der Waals surface area contributed by atoms with Crippen LogP contribution in [0.5, 0.6) is 11.6 Å². The molecular weight excluding hydrogens is 313 g/mol. The fourth-order valence-corrected chi connectivity index (χ4v) is 3.83. The van der Waals surface area contributed by atoms with Crippen LogP contribution in [0, 0.1) is 6.92 Å². The summed E-state index contributed by atoms with van der Waals surface area (Å²) in [5.74, 6) is 1.20. The normalized spacial score (nSPS) is 11.4. The van der Waals surface area contributed by atoms with Crippen LogP contribution < -0.4 is 4.74 Å². The molecule has 124 valence electrons. The van der Waals surface area contributed by atoms with Gasteiger partial charge in [-0.2, -0.15) is 0 Å². The monoisotopic (exact) mass is 335 g/mol. The Bertz CT molecular complexity index is 680. The van der Waals surface area contributed by atoms with Gasteiger partial charge in [0.05, 0.1) is 19.4 Å². The summed E-state index contributed by atoms with van der Waals surface area (Å²) in [7, 11) is -3.12. The second kappa shape index (κ2) is 8.25. The first kappa shape index (κ1) is 17.7. The topological polar surface area (TPSA) is 57.7 Å². The predicted octanol–water partition coefficient (Wildman–Crippen LogP) is 4.95. The highest BCUT2D eigenvalue weighted by Gasteiger charge is 2.24. The number of nitrogens with zero attached hydrogens (tertiary/aromatic N) is 1. The Hall–Kier alpha value is -1.68. The van der Waals surface area contributed by atoms with Crippen LogP contribution >= 0.6 is 7.60 Å². The smallest absolute Gasteiger partial charge is 0.335 e. The number of pyridine rings is 1. The van der Waals surface area contributed by atoms with E-state index in [0.717, 1.165) is 11.1 Å². The van der Waals surface area contributed by atoms with Gasteiger partial charge >= 0.3 is 7.60 Å². The Kier molecular flexibility index (Phi) is 6.34. The minimum absolute atomic E-state index is 0.215. The highest BCUT2D eigenvalue weighted by molar-refractivity contribution is 7.53. The molecule has 0 spiro atoms. The van der Waals surface area contributed by atoms with Crippen molar-refractivity contribution in [2.45, 2.75) is 26.9 Å². The van der Waals surface area contributed by atoms with Crippen molar-refractivity contribution in [1.82, 2.24) is 4.98 Å². The molecule has 0 N–H and O–H groups in total. The molecule has 23 heavy (non-hydrogen) atoms. The lowest BCUT2D eigenvalue weighted by Gasteiger charge is -2.17. The summed E-state index contributed by atoms with van der Waals surface area (Å²) in [4.78, 5) is 4.21.